The lowest BCUT2D eigenvalue weighted by Gasteiger charge is -2.36. The molecule has 4 rings (SSSR count). The predicted molar refractivity (Wildman–Crippen MR) is 113 cm³/mol. The Balaban J connectivity index is 1.92. The van der Waals surface area contributed by atoms with E-state index in [1.807, 2.05) is 31.2 Å². The molecule has 0 saturated carbocycles. The lowest BCUT2D eigenvalue weighted by molar-refractivity contribution is 0.271. The van der Waals surface area contributed by atoms with Crippen LogP contribution in [0.2, 0.25) is 0 Å². The summed E-state index contributed by atoms with van der Waals surface area (Å²) in [5, 5.41) is 0.905. The molecule has 0 aliphatic carbocycles. The van der Waals surface area contributed by atoms with Crippen LogP contribution in [0.3, 0.4) is 0 Å². The number of sulfone groups is 1. The first-order valence-corrected chi connectivity index (χ1v) is 11.2. The monoisotopic (exact) mass is 395 g/mol. The maximum atomic E-state index is 13.5. The standard InChI is InChI=1S/C22H25N3O2S/c1-3-24-11-13-25(14-12-24)22-19-15-17(2)9-10-20(19)23-16-21(22)28(26,27)18-7-5-4-6-8-18/h4-10,15-16H,3,11-14H2,1-2H3. The van der Waals surface area contributed by atoms with Crippen LogP contribution in [0.1, 0.15) is 12.5 Å². The Morgan fingerprint density at radius 2 is 1.71 bits per heavy atom. The minimum atomic E-state index is -3.66. The molecule has 1 aromatic heterocycles. The third-order valence-electron chi connectivity index (χ3n) is 5.44. The fraction of sp³-hybridized carbons (Fsp3) is 0.318. The van der Waals surface area contributed by atoms with Crippen molar-refractivity contribution in [2.24, 2.45) is 0 Å². The molecule has 2 heterocycles. The van der Waals surface area contributed by atoms with Gasteiger partial charge in [0.15, 0.2) is 0 Å². The van der Waals surface area contributed by atoms with Gasteiger partial charge in [0.2, 0.25) is 9.84 Å². The summed E-state index contributed by atoms with van der Waals surface area (Å²) in [6.07, 6.45) is 1.53. The third kappa shape index (κ3) is 3.38. The predicted octanol–water partition coefficient (Wildman–Crippen LogP) is 3.52. The van der Waals surface area contributed by atoms with Gasteiger partial charge in [0.25, 0.3) is 0 Å². The summed E-state index contributed by atoms with van der Waals surface area (Å²) in [5.74, 6) is 0. The van der Waals surface area contributed by atoms with Gasteiger partial charge in [-0.1, -0.05) is 36.8 Å². The molecule has 0 radical (unpaired) electrons. The van der Waals surface area contributed by atoms with E-state index >= 15 is 0 Å². The molecule has 1 aliphatic heterocycles. The van der Waals surface area contributed by atoms with Gasteiger partial charge in [-0.3, -0.25) is 4.98 Å². The first-order valence-electron chi connectivity index (χ1n) is 9.67. The molecule has 0 unspecified atom stereocenters. The molecule has 0 N–H and O–H groups in total. The summed E-state index contributed by atoms with van der Waals surface area (Å²) in [7, 11) is -3.66. The smallest absolute Gasteiger partial charge is 0.210 e. The van der Waals surface area contributed by atoms with E-state index in [1.165, 1.54) is 6.20 Å². The molecule has 0 bridgehead atoms. The number of aromatic nitrogens is 1. The second-order valence-corrected chi connectivity index (χ2v) is 9.15. The average Bonchev–Trinajstić information content (AvgIpc) is 2.73. The van der Waals surface area contributed by atoms with Crippen LogP contribution in [0.5, 0.6) is 0 Å². The molecule has 146 valence electrons. The van der Waals surface area contributed by atoms with Crippen molar-refractivity contribution in [1.82, 2.24) is 9.88 Å². The zero-order valence-corrected chi connectivity index (χ0v) is 17.1. The van der Waals surface area contributed by atoms with Gasteiger partial charge in [-0.2, -0.15) is 0 Å². The normalized spacial score (nSPS) is 15.9. The summed E-state index contributed by atoms with van der Waals surface area (Å²) in [4.78, 5) is 9.68. The van der Waals surface area contributed by atoms with Gasteiger partial charge in [-0.15, -0.1) is 0 Å². The number of aryl methyl sites for hydroxylation is 1. The molecule has 1 fully saturated rings. The van der Waals surface area contributed by atoms with Gasteiger partial charge in [0, 0.05) is 37.8 Å². The number of piperazine rings is 1. The number of hydrogen-bond donors (Lipinski definition) is 0. The maximum absolute atomic E-state index is 13.5. The van der Waals surface area contributed by atoms with E-state index < -0.39 is 9.84 Å². The number of anilines is 1. The molecule has 0 amide bonds. The first kappa shape index (κ1) is 18.9. The fourth-order valence-corrected chi connectivity index (χ4v) is 5.27. The van der Waals surface area contributed by atoms with Crippen LogP contribution in [0.15, 0.2) is 64.5 Å². The number of nitrogens with zero attached hydrogens (tertiary/aromatic N) is 3. The number of likely N-dealkylation sites (N-methyl/N-ethyl adjacent to an activating group) is 1. The summed E-state index contributed by atoms with van der Waals surface area (Å²) in [6, 6.07) is 14.7. The Morgan fingerprint density at radius 3 is 2.39 bits per heavy atom. The Labute approximate surface area is 166 Å². The van der Waals surface area contributed by atoms with E-state index in [9.17, 15) is 8.42 Å². The van der Waals surface area contributed by atoms with E-state index in [2.05, 4.69) is 21.7 Å². The van der Waals surface area contributed by atoms with Crippen LogP contribution in [0.4, 0.5) is 5.69 Å². The van der Waals surface area contributed by atoms with Crippen LogP contribution in [-0.4, -0.2) is 51.0 Å². The molecule has 1 saturated heterocycles. The van der Waals surface area contributed by atoms with Crippen LogP contribution in [0.25, 0.3) is 10.9 Å². The molecule has 0 spiro atoms. The molecule has 3 aromatic rings. The number of hydrogen-bond acceptors (Lipinski definition) is 5. The highest BCUT2D eigenvalue weighted by Gasteiger charge is 2.28. The number of benzene rings is 2. The third-order valence-corrected chi connectivity index (χ3v) is 7.21. The van der Waals surface area contributed by atoms with Crippen LogP contribution < -0.4 is 4.90 Å². The summed E-state index contributed by atoms with van der Waals surface area (Å²) >= 11 is 0. The summed E-state index contributed by atoms with van der Waals surface area (Å²) in [6.45, 7) is 8.66. The Morgan fingerprint density at radius 1 is 1.00 bits per heavy atom. The van der Waals surface area contributed by atoms with E-state index in [0.29, 0.717) is 9.79 Å². The number of rotatable bonds is 4. The van der Waals surface area contributed by atoms with Crippen molar-refractivity contribution in [3.05, 3.63) is 60.3 Å². The number of fused-ring (bicyclic) bond motifs is 1. The van der Waals surface area contributed by atoms with Gasteiger partial charge in [0.05, 0.1) is 16.1 Å². The van der Waals surface area contributed by atoms with E-state index in [-0.39, 0.29) is 0 Å². The van der Waals surface area contributed by atoms with Crippen molar-refractivity contribution in [2.45, 2.75) is 23.6 Å². The largest absolute Gasteiger partial charge is 0.367 e. The van der Waals surface area contributed by atoms with Crippen molar-refractivity contribution >= 4 is 26.4 Å². The lowest BCUT2D eigenvalue weighted by atomic mass is 10.1. The number of pyridine rings is 1. The molecule has 2 aromatic carbocycles. The second kappa shape index (κ2) is 7.53. The van der Waals surface area contributed by atoms with Crippen molar-refractivity contribution in [2.75, 3.05) is 37.6 Å². The van der Waals surface area contributed by atoms with Crippen molar-refractivity contribution in [3.63, 3.8) is 0 Å². The highest BCUT2D eigenvalue weighted by Crippen LogP contribution is 2.36. The second-order valence-electron chi connectivity index (χ2n) is 7.23. The molecule has 0 atom stereocenters. The van der Waals surface area contributed by atoms with Crippen LogP contribution >= 0.6 is 0 Å². The Kier molecular flexibility index (Phi) is 5.08. The SMILES string of the molecule is CCN1CCN(c2c(S(=O)(=O)c3ccccc3)cnc3ccc(C)cc23)CC1. The molecule has 5 nitrogen and oxygen atoms in total. The maximum Gasteiger partial charge on any atom is 0.210 e. The highest BCUT2D eigenvalue weighted by atomic mass is 32.2. The van der Waals surface area contributed by atoms with E-state index in [1.54, 1.807) is 24.3 Å². The molecular formula is C22H25N3O2S. The zero-order valence-electron chi connectivity index (χ0n) is 16.3. The lowest BCUT2D eigenvalue weighted by Crippen LogP contribution is -2.46. The van der Waals surface area contributed by atoms with Gasteiger partial charge in [0.1, 0.15) is 4.90 Å². The fourth-order valence-electron chi connectivity index (χ4n) is 3.81. The molecule has 28 heavy (non-hydrogen) atoms. The molecule has 1 aliphatic rings. The van der Waals surface area contributed by atoms with Crippen molar-refractivity contribution in [1.29, 1.82) is 0 Å². The zero-order chi connectivity index (χ0) is 19.7. The average molecular weight is 396 g/mol. The Hall–Kier alpha value is -2.44. The van der Waals surface area contributed by atoms with Crippen molar-refractivity contribution in [3.8, 4) is 0 Å². The minimum absolute atomic E-state index is 0.293. The topological polar surface area (TPSA) is 53.5 Å². The van der Waals surface area contributed by atoms with E-state index in [0.717, 1.165) is 54.9 Å². The van der Waals surface area contributed by atoms with Gasteiger partial charge >= 0.3 is 0 Å². The van der Waals surface area contributed by atoms with Crippen LogP contribution in [0, 0.1) is 6.92 Å². The van der Waals surface area contributed by atoms with Crippen molar-refractivity contribution < 1.29 is 8.42 Å². The van der Waals surface area contributed by atoms with Gasteiger partial charge < -0.3 is 9.80 Å². The Bertz CT molecular complexity index is 1090. The minimum Gasteiger partial charge on any atom is -0.367 e. The van der Waals surface area contributed by atoms with Gasteiger partial charge in [-0.05, 0) is 37.7 Å². The van der Waals surface area contributed by atoms with Gasteiger partial charge in [-0.25, -0.2) is 8.42 Å². The quantitative estimate of drug-likeness (QED) is 0.677. The molecular weight excluding hydrogens is 370 g/mol. The highest BCUT2D eigenvalue weighted by molar-refractivity contribution is 7.91. The van der Waals surface area contributed by atoms with Crippen LogP contribution in [-0.2, 0) is 9.84 Å². The van der Waals surface area contributed by atoms with E-state index in [4.69, 9.17) is 0 Å². The first-order chi connectivity index (χ1) is 13.5. The summed E-state index contributed by atoms with van der Waals surface area (Å²) in [5.41, 5.74) is 2.70. The molecule has 6 heteroatoms. The summed E-state index contributed by atoms with van der Waals surface area (Å²) < 4.78 is 26.9.